The lowest BCUT2D eigenvalue weighted by Crippen LogP contribution is -2.25. The zero-order valence-electron chi connectivity index (χ0n) is 16.0. The number of esters is 1. The first-order chi connectivity index (χ1) is 12.2. The second kappa shape index (κ2) is 8.87. The van der Waals surface area contributed by atoms with Crippen LogP contribution in [-0.2, 0) is 4.74 Å². The Balaban J connectivity index is 1.48. The average molecular weight is 343 g/mol. The molecule has 0 atom stereocenters. The SMILES string of the molecule is CCC[C@H]1CC[C@H]([C@H]2CC[C@H](c3ccc(C(=O)OC)cc3)CC2)CC1. The third-order valence-corrected chi connectivity index (χ3v) is 6.83. The number of methoxy groups -OCH3 is 1. The Morgan fingerprint density at radius 1 is 0.920 bits per heavy atom. The van der Waals surface area contributed by atoms with Gasteiger partial charge < -0.3 is 4.74 Å². The van der Waals surface area contributed by atoms with E-state index in [0.717, 1.165) is 17.8 Å². The molecule has 0 saturated heterocycles. The standard InChI is InChI=1S/C23H34O2/c1-3-4-17-5-7-18(8-6-17)19-9-11-20(12-10-19)21-13-15-22(16-14-21)23(24)25-2/h13-20H,3-12H2,1-2H3/t17-,18-,19-,20-. The zero-order valence-corrected chi connectivity index (χ0v) is 16.0. The van der Waals surface area contributed by atoms with Crippen LogP contribution in [0.1, 0.15) is 93.0 Å². The van der Waals surface area contributed by atoms with E-state index >= 15 is 0 Å². The fourth-order valence-electron chi connectivity index (χ4n) is 5.29. The molecule has 0 radical (unpaired) electrons. The Morgan fingerprint density at radius 2 is 1.48 bits per heavy atom. The summed E-state index contributed by atoms with van der Waals surface area (Å²) in [6.45, 7) is 2.32. The van der Waals surface area contributed by atoms with E-state index in [-0.39, 0.29) is 5.97 Å². The van der Waals surface area contributed by atoms with Crippen LogP contribution in [-0.4, -0.2) is 13.1 Å². The van der Waals surface area contributed by atoms with Crippen molar-refractivity contribution < 1.29 is 9.53 Å². The molecule has 0 amide bonds. The van der Waals surface area contributed by atoms with Crippen LogP contribution in [0, 0.1) is 17.8 Å². The molecule has 0 aliphatic heterocycles. The molecule has 2 saturated carbocycles. The van der Waals surface area contributed by atoms with Crippen molar-refractivity contribution in [3.8, 4) is 0 Å². The minimum atomic E-state index is -0.242. The third-order valence-electron chi connectivity index (χ3n) is 6.83. The number of hydrogen-bond acceptors (Lipinski definition) is 2. The van der Waals surface area contributed by atoms with Crippen molar-refractivity contribution in [2.45, 2.75) is 77.0 Å². The first kappa shape index (κ1) is 18.5. The largest absolute Gasteiger partial charge is 0.465 e. The van der Waals surface area contributed by atoms with Gasteiger partial charge in [-0.2, -0.15) is 0 Å². The van der Waals surface area contributed by atoms with Crippen molar-refractivity contribution in [3.05, 3.63) is 35.4 Å². The molecule has 1 aromatic carbocycles. The van der Waals surface area contributed by atoms with Crippen molar-refractivity contribution in [1.29, 1.82) is 0 Å². The predicted octanol–water partition coefficient (Wildman–Crippen LogP) is 6.35. The number of benzene rings is 1. The van der Waals surface area contributed by atoms with E-state index in [1.165, 1.54) is 76.9 Å². The Hall–Kier alpha value is -1.31. The normalized spacial score (nSPS) is 30.0. The first-order valence-corrected chi connectivity index (χ1v) is 10.4. The van der Waals surface area contributed by atoms with Crippen molar-refractivity contribution in [3.63, 3.8) is 0 Å². The summed E-state index contributed by atoms with van der Waals surface area (Å²) in [7, 11) is 1.44. The van der Waals surface area contributed by atoms with Crippen molar-refractivity contribution in [1.82, 2.24) is 0 Å². The third kappa shape index (κ3) is 4.65. The minimum Gasteiger partial charge on any atom is -0.465 e. The molecule has 1 aromatic rings. The Bertz CT molecular complexity index is 532. The van der Waals surface area contributed by atoms with Crippen LogP contribution < -0.4 is 0 Å². The second-order valence-corrected chi connectivity index (χ2v) is 8.29. The molecule has 2 fully saturated rings. The summed E-state index contributed by atoms with van der Waals surface area (Å²) >= 11 is 0. The zero-order chi connectivity index (χ0) is 17.6. The Labute approximate surface area is 153 Å². The van der Waals surface area contributed by atoms with E-state index < -0.39 is 0 Å². The number of carbonyl (C=O) groups excluding carboxylic acids is 1. The van der Waals surface area contributed by atoms with Crippen LogP contribution in [0.5, 0.6) is 0 Å². The van der Waals surface area contributed by atoms with Crippen LogP contribution in [0.25, 0.3) is 0 Å². The summed E-state index contributed by atoms with van der Waals surface area (Å²) in [6, 6.07) is 8.10. The summed E-state index contributed by atoms with van der Waals surface area (Å²) < 4.78 is 4.79. The van der Waals surface area contributed by atoms with E-state index in [0.29, 0.717) is 11.5 Å². The van der Waals surface area contributed by atoms with E-state index in [2.05, 4.69) is 19.1 Å². The van der Waals surface area contributed by atoms with Crippen LogP contribution in [0.15, 0.2) is 24.3 Å². The van der Waals surface area contributed by atoms with Gasteiger partial charge in [0.05, 0.1) is 12.7 Å². The maximum atomic E-state index is 11.6. The maximum Gasteiger partial charge on any atom is 0.337 e. The fraction of sp³-hybridized carbons (Fsp3) is 0.696. The van der Waals surface area contributed by atoms with Gasteiger partial charge in [0.15, 0.2) is 0 Å². The van der Waals surface area contributed by atoms with E-state index in [1.807, 2.05) is 12.1 Å². The summed E-state index contributed by atoms with van der Waals surface area (Å²) in [5.74, 6) is 3.42. The van der Waals surface area contributed by atoms with Crippen molar-refractivity contribution in [2.24, 2.45) is 17.8 Å². The molecule has 0 heterocycles. The van der Waals surface area contributed by atoms with Crippen LogP contribution in [0.2, 0.25) is 0 Å². The van der Waals surface area contributed by atoms with Crippen LogP contribution in [0.3, 0.4) is 0 Å². The van der Waals surface area contributed by atoms with E-state index in [1.54, 1.807) is 0 Å². The number of hydrogen-bond donors (Lipinski definition) is 0. The molecule has 138 valence electrons. The number of ether oxygens (including phenoxy) is 1. The smallest absolute Gasteiger partial charge is 0.337 e. The summed E-state index contributed by atoms with van der Waals surface area (Å²) in [6.07, 6.45) is 14.1. The highest BCUT2D eigenvalue weighted by Gasteiger charge is 2.31. The number of carbonyl (C=O) groups is 1. The molecular formula is C23H34O2. The monoisotopic (exact) mass is 342 g/mol. The second-order valence-electron chi connectivity index (χ2n) is 8.29. The van der Waals surface area contributed by atoms with Gasteiger partial charge in [-0.25, -0.2) is 4.79 Å². The fourth-order valence-corrected chi connectivity index (χ4v) is 5.29. The predicted molar refractivity (Wildman–Crippen MR) is 103 cm³/mol. The molecular weight excluding hydrogens is 308 g/mol. The highest BCUT2D eigenvalue weighted by atomic mass is 16.5. The molecule has 0 unspecified atom stereocenters. The van der Waals surface area contributed by atoms with Gasteiger partial charge in [0.1, 0.15) is 0 Å². The molecule has 2 nitrogen and oxygen atoms in total. The average Bonchev–Trinajstić information content (AvgIpc) is 2.68. The van der Waals surface area contributed by atoms with Gasteiger partial charge in [-0.1, -0.05) is 44.7 Å². The Kier molecular flexibility index (Phi) is 6.56. The molecule has 0 spiro atoms. The quantitative estimate of drug-likeness (QED) is 0.582. The molecule has 2 heteroatoms. The first-order valence-electron chi connectivity index (χ1n) is 10.4. The minimum absolute atomic E-state index is 0.242. The van der Waals surface area contributed by atoms with E-state index in [9.17, 15) is 4.79 Å². The topological polar surface area (TPSA) is 26.3 Å². The lowest BCUT2D eigenvalue weighted by Gasteiger charge is -2.38. The van der Waals surface area contributed by atoms with Gasteiger partial charge in [-0.05, 0) is 79.9 Å². The van der Waals surface area contributed by atoms with Gasteiger partial charge in [-0.15, -0.1) is 0 Å². The summed E-state index contributed by atoms with van der Waals surface area (Å²) in [5, 5.41) is 0. The van der Waals surface area contributed by atoms with Crippen LogP contribution in [0.4, 0.5) is 0 Å². The molecule has 0 bridgehead atoms. The van der Waals surface area contributed by atoms with Gasteiger partial charge in [0.25, 0.3) is 0 Å². The lowest BCUT2D eigenvalue weighted by molar-refractivity contribution is 0.0600. The Morgan fingerprint density at radius 3 is 2.00 bits per heavy atom. The number of rotatable bonds is 5. The molecule has 3 rings (SSSR count). The van der Waals surface area contributed by atoms with Crippen molar-refractivity contribution in [2.75, 3.05) is 7.11 Å². The molecule has 25 heavy (non-hydrogen) atoms. The highest BCUT2D eigenvalue weighted by Crippen LogP contribution is 2.44. The van der Waals surface area contributed by atoms with Gasteiger partial charge >= 0.3 is 5.97 Å². The molecule has 0 N–H and O–H groups in total. The summed E-state index contributed by atoms with van der Waals surface area (Å²) in [5.41, 5.74) is 2.06. The molecule has 2 aliphatic carbocycles. The highest BCUT2D eigenvalue weighted by molar-refractivity contribution is 5.89. The van der Waals surface area contributed by atoms with Crippen LogP contribution >= 0.6 is 0 Å². The van der Waals surface area contributed by atoms with Gasteiger partial charge in [-0.3, -0.25) is 0 Å². The molecule has 0 aromatic heterocycles. The van der Waals surface area contributed by atoms with Crippen molar-refractivity contribution >= 4 is 5.97 Å². The lowest BCUT2D eigenvalue weighted by atomic mass is 9.68. The van der Waals surface area contributed by atoms with Gasteiger partial charge in [0.2, 0.25) is 0 Å². The maximum absolute atomic E-state index is 11.6. The van der Waals surface area contributed by atoms with E-state index in [4.69, 9.17) is 4.74 Å². The molecule has 2 aliphatic rings. The summed E-state index contributed by atoms with van der Waals surface area (Å²) in [4.78, 5) is 11.6. The van der Waals surface area contributed by atoms with Gasteiger partial charge in [0, 0.05) is 0 Å².